The van der Waals surface area contributed by atoms with Gasteiger partial charge in [-0.05, 0) is 23.2 Å². The van der Waals surface area contributed by atoms with Crippen LogP contribution < -0.4 is 18.9 Å². The van der Waals surface area contributed by atoms with Crippen LogP contribution in [-0.2, 0) is 11.1 Å². The Morgan fingerprint density at radius 1 is 1.64 bits per heavy atom. The summed E-state index contributed by atoms with van der Waals surface area (Å²) >= 11 is 3.13. The van der Waals surface area contributed by atoms with Gasteiger partial charge in [-0.15, -0.1) is 0 Å². The average Bonchev–Trinajstić information content (AvgIpc) is 1.88. The van der Waals surface area contributed by atoms with Gasteiger partial charge in [0.05, 0.1) is 5.02 Å². The second-order valence-electron chi connectivity index (χ2n) is 1.53. The Labute approximate surface area is 83.6 Å². The minimum Gasteiger partial charge on any atom is -0.767 e. The van der Waals surface area contributed by atoms with Gasteiger partial charge in [0.15, 0.2) is 0 Å². The van der Waals surface area contributed by atoms with Crippen molar-refractivity contribution in [1.82, 2.24) is 4.98 Å². The van der Waals surface area contributed by atoms with Crippen LogP contribution in [0.15, 0.2) is 23.4 Å². The molecule has 0 amide bonds. The van der Waals surface area contributed by atoms with Crippen LogP contribution in [0.3, 0.4) is 0 Å². The molecule has 0 bridgehead atoms. The molecule has 0 aliphatic heterocycles. The first-order chi connectivity index (χ1) is 4.72. The van der Waals surface area contributed by atoms with Crippen LogP contribution in [0.25, 0.3) is 0 Å². The van der Waals surface area contributed by atoms with Crippen molar-refractivity contribution in [3.8, 4) is 0 Å². The largest absolute Gasteiger partial charge is 1.00 e. The fourth-order valence-corrected chi connectivity index (χ4v) is 1.18. The van der Waals surface area contributed by atoms with Crippen molar-refractivity contribution in [3.63, 3.8) is 0 Å². The minimum atomic E-state index is -2.33. The van der Waals surface area contributed by atoms with E-state index in [2.05, 4.69) is 4.98 Å². The molecule has 0 spiro atoms. The van der Waals surface area contributed by atoms with Crippen molar-refractivity contribution in [2.45, 2.75) is 5.03 Å². The van der Waals surface area contributed by atoms with E-state index in [0.29, 0.717) is 0 Å². The van der Waals surface area contributed by atoms with Gasteiger partial charge in [-0.1, -0.05) is 11.6 Å². The number of pyridine rings is 1. The number of hydrogen-bond donors (Lipinski definition) is 0. The van der Waals surface area contributed by atoms with Gasteiger partial charge in [-0.3, -0.25) is 4.21 Å². The van der Waals surface area contributed by atoms with Crippen LogP contribution in [0.2, 0.25) is 5.02 Å². The summed E-state index contributed by atoms with van der Waals surface area (Å²) in [6.45, 7) is 0. The van der Waals surface area contributed by atoms with Gasteiger partial charge in [0, 0.05) is 6.20 Å². The summed E-state index contributed by atoms with van der Waals surface area (Å²) in [6.07, 6.45) is 1.37. The maximum absolute atomic E-state index is 10.3. The Morgan fingerprint density at radius 3 is 2.64 bits per heavy atom. The van der Waals surface area contributed by atoms with E-state index in [4.69, 9.17) is 11.6 Å². The number of aromatic nitrogens is 1. The molecular weight excluding hydrogens is 181 g/mol. The van der Waals surface area contributed by atoms with E-state index in [1.54, 1.807) is 6.07 Å². The zero-order valence-electron chi connectivity index (χ0n) is 5.78. The second-order valence-corrected chi connectivity index (χ2v) is 2.79. The van der Waals surface area contributed by atoms with Crippen LogP contribution in [0.1, 0.15) is 0 Å². The standard InChI is InChI=1S/C5H4ClNO2S.Li/c6-4-2-1-3-7-5(4)10(8)9;/h1-3H,(H,8,9);/q;+1/p-1. The Balaban J connectivity index is 0.000001000. The van der Waals surface area contributed by atoms with Crippen molar-refractivity contribution in [3.05, 3.63) is 23.4 Å². The summed E-state index contributed by atoms with van der Waals surface area (Å²) in [5, 5.41) is 0.0417. The van der Waals surface area contributed by atoms with Crippen LogP contribution in [0, 0.1) is 0 Å². The fraction of sp³-hybridized carbons (Fsp3) is 0. The maximum Gasteiger partial charge on any atom is 1.00 e. The van der Waals surface area contributed by atoms with E-state index < -0.39 is 11.1 Å². The summed E-state index contributed by atoms with van der Waals surface area (Å²) < 4.78 is 20.5. The van der Waals surface area contributed by atoms with E-state index in [1.807, 2.05) is 0 Å². The molecule has 0 radical (unpaired) electrons. The van der Waals surface area contributed by atoms with Gasteiger partial charge in [0.1, 0.15) is 5.03 Å². The first-order valence-corrected chi connectivity index (χ1v) is 3.87. The molecule has 11 heavy (non-hydrogen) atoms. The number of rotatable bonds is 1. The van der Waals surface area contributed by atoms with Gasteiger partial charge < -0.3 is 4.55 Å². The topological polar surface area (TPSA) is 53.0 Å². The summed E-state index contributed by atoms with van der Waals surface area (Å²) in [6, 6.07) is 3.04. The van der Waals surface area contributed by atoms with Crippen molar-refractivity contribution < 1.29 is 27.6 Å². The van der Waals surface area contributed by atoms with Crippen LogP contribution in [0.5, 0.6) is 0 Å². The summed E-state index contributed by atoms with van der Waals surface area (Å²) in [5.74, 6) is 0. The molecule has 0 aliphatic carbocycles. The van der Waals surface area contributed by atoms with Crippen LogP contribution in [-0.4, -0.2) is 13.7 Å². The van der Waals surface area contributed by atoms with Gasteiger partial charge >= 0.3 is 18.9 Å². The Kier molecular flexibility index (Phi) is 4.98. The Morgan fingerprint density at radius 2 is 2.27 bits per heavy atom. The van der Waals surface area contributed by atoms with E-state index in [1.165, 1.54) is 12.3 Å². The van der Waals surface area contributed by atoms with Crippen molar-refractivity contribution in [2.75, 3.05) is 0 Å². The zero-order chi connectivity index (χ0) is 7.56. The van der Waals surface area contributed by atoms with E-state index >= 15 is 0 Å². The average molecular weight is 184 g/mol. The summed E-state index contributed by atoms with van der Waals surface area (Å²) in [5.41, 5.74) is 0. The van der Waals surface area contributed by atoms with Gasteiger partial charge in [0.25, 0.3) is 0 Å². The summed E-state index contributed by atoms with van der Waals surface area (Å²) in [7, 11) is 0. The Bertz CT molecular complexity index is 270. The number of hydrogen-bond acceptors (Lipinski definition) is 3. The third kappa shape index (κ3) is 2.94. The molecule has 6 heteroatoms. The summed E-state index contributed by atoms with van der Waals surface area (Å²) in [4.78, 5) is 3.53. The third-order valence-electron chi connectivity index (χ3n) is 0.883. The number of nitrogens with zero attached hydrogens (tertiary/aromatic N) is 1. The first kappa shape index (κ1) is 11.1. The first-order valence-electron chi connectivity index (χ1n) is 2.41. The molecule has 0 aliphatic rings. The molecule has 3 nitrogen and oxygen atoms in total. The molecule has 1 rings (SSSR count). The van der Waals surface area contributed by atoms with Gasteiger partial charge in [-0.2, -0.15) is 0 Å². The molecule has 1 atom stereocenters. The van der Waals surface area contributed by atoms with Gasteiger partial charge in [-0.25, -0.2) is 4.98 Å². The molecule has 0 saturated heterocycles. The van der Waals surface area contributed by atoms with E-state index in [9.17, 15) is 8.76 Å². The molecule has 0 aromatic carbocycles. The molecule has 0 fully saturated rings. The van der Waals surface area contributed by atoms with Gasteiger partial charge in [0.2, 0.25) is 0 Å². The molecular formula is C5H3ClLiNO2S. The molecule has 1 aromatic rings. The third-order valence-corrected chi connectivity index (χ3v) is 1.94. The normalized spacial score (nSPS) is 11.8. The van der Waals surface area contributed by atoms with Crippen LogP contribution in [0.4, 0.5) is 0 Å². The molecule has 54 valence electrons. The SMILES string of the molecule is O=S([O-])c1ncccc1Cl.[Li+]. The zero-order valence-corrected chi connectivity index (χ0v) is 7.35. The van der Waals surface area contributed by atoms with Crippen LogP contribution >= 0.6 is 11.6 Å². The van der Waals surface area contributed by atoms with E-state index in [-0.39, 0.29) is 28.9 Å². The smallest absolute Gasteiger partial charge is 0.767 e. The quantitative estimate of drug-likeness (QED) is 0.373. The molecule has 0 N–H and O–H groups in total. The molecule has 1 heterocycles. The molecule has 0 saturated carbocycles. The second kappa shape index (κ2) is 4.91. The van der Waals surface area contributed by atoms with Crippen molar-refractivity contribution in [2.24, 2.45) is 0 Å². The number of halogens is 1. The molecule has 1 unspecified atom stereocenters. The maximum atomic E-state index is 10.3. The van der Waals surface area contributed by atoms with Crippen molar-refractivity contribution >= 4 is 22.7 Å². The minimum absolute atomic E-state index is 0. The van der Waals surface area contributed by atoms with E-state index in [0.717, 1.165) is 0 Å². The monoisotopic (exact) mass is 183 g/mol. The van der Waals surface area contributed by atoms with Crippen molar-refractivity contribution in [1.29, 1.82) is 0 Å². The fourth-order valence-electron chi connectivity index (χ4n) is 0.494. The Hall–Kier alpha value is 0.147. The predicted molar refractivity (Wildman–Crippen MR) is 36.4 cm³/mol. The molecule has 1 aromatic heterocycles. The predicted octanol–water partition coefficient (Wildman–Crippen LogP) is -2.02.